The third kappa shape index (κ3) is 2.73. The van der Waals surface area contributed by atoms with E-state index in [1.807, 2.05) is 12.1 Å². The quantitative estimate of drug-likeness (QED) is 0.478. The molecule has 29 heavy (non-hydrogen) atoms. The van der Waals surface area contributed by atoms with E-state index in [0.717, 1.165) is 5.56 Å². The van der Waals surface area contributed by atoms with Gasteiger partial charge in [-0.1, -0.05) is 23.7 Å². The number of anilines is 1. The molecule has 0 bridgehead atoms. The number of fused-ring (bicyclic) bond motifs is 2. The number of thiazole rings is 1. The predicted molar refractivity (Wildman–Crippen MR) is 111 cm³/mol. The van der Waals surface area contributed by atoms with Gasteiger partial charge in [-0.3, -0.25) is 14.5 Å². The van der Waals surface area contributed by atoms with Gasteiger partial charge in [-0.2, -0.15) is 0 Å². The maximum Gasteiger partial charge on any atom is 0.297 e. The Hall–Kier alpha value is -3.16. The Bertz CT molecular complexity index is 1320. The van der Waals surface area contributed by atoms with Crippen LogP contribution in [0, 0.1) is 0 Å². The monoisotopic (exact) mass is 424 g/mol. The topological polar surface area (TPSA) is 72.6 Å². The molecule has 0 saturated carbocycles. The van der Waals surface area contributed by atoms with Crippen LogP contribution in [0.15, 0.2) is 63.3 Å². The molecule has 2 aromatic carbocycles. The van der Waals surface area contributed by atoms with Gasteiger partial charge < -0.3 is 9.15 Å². The van der Waals surface area contributed by atoms with Crippen LogP contribution < -0.4 is 15.1 Å². The molecule has 0 fully saturated rings. The third-order valence-electron chi connectivity index (χ3n) is 4.87. The van der Waals surface area contributed by atoms with Gasteiger partial charge >= 0.3 is 0 Å². The minimum atomic E-state index is -0.682. The second kappa shape index (κ2) is 6.72. The van der Waals surface area contributed by atoms with Gasteiger partial charge in [0.15, 0.2) is 10.6 Å². The van der Waals surface area contributed by atoms with Gasteiger partial charge in [-0.05, 0) is 35.9 Å². The zero-order valence-electron chi connectivity index (χ0n) is 15.1. The number of benzene rings is 2. The minimum Gasteiger partial charge on any atom is -0.497 e. The van der Waals surface area contributed by atoms with Crippen LogP contribution in [0.3, 0.4) is 0 Å². The van der Waals surface area contributed by atoms with Crippen molar-refractivity contribution in [1.82, 2.24) is 4.98 Å². The molecule has 144 valence electrons. The van der Waals surface area contributed by atoms with Gasteiger partial charge in [0.05, 0.1) is 24.1 Å². The Morgan fingerprint density at radius 1 is 1.21 bits per heavy atom. The second-order valence-electron chi connectivity index (χ2n) is 6.48. The van der Waals surface area contributed by atoms with E-state index < -0.39 is 11.9 Å². The third-order valence-corrected chi connectivity index (χ3v) is 5.87. The first kappa shape index (κ1) is 17.9. The van der Waals surface area contributed by atoms with Crippen molar-refractivity contribution in [2.24, 2.45) is 0 Å². The van der Waals surface area contributed by atoms with Gasteiger partial charge in [0.2, 0.25) is 5.76 Å². The molecular weight excluding hydrogens is 412 g/mol. The fourth-order valence-electron chi connectivity index (χ4n) is 3.60. The summed E-state index contributed by atoms with van der Waals surface area (Å²) in [5, 5.41) is 3.01. The Labute approximate surface area is 173 Å². The molecule has 4 aromatic rings. The van der Waals surface area contributed by atoms with Crippen LogP contribution in [0.25, 0.3) is 11.0 Å². The molecule has 6 nitrogen and oxygen atoms in total. The maximum absolute atomic E-state index is 13.4. The summed E-state index contributed by atoms with van der Waals surface area (Å²) < 4.78 is 11.2. The van der Waals surface area contributed by atoms with Gasteiger partial charge in [-0.15, -0.1) is 11.3 Å². The van der Waals surface area contributed by atoms with Crippen LogP contribution in [0.1, 0.15) is 27.7 Å². The first-order chi connectivity index (χ1) is 14.1. The number of hydrogen-bond donors (Lipinski definition) is 0. The molecule has 1 amide bonds. The fourth-order valence-corrected chi connectivity index (χ4v) is 4.44. The lowest BCUT2D eigenvalue weighted by atomic mass is 9.98. The van der Waals surface area contributed by atoms with E-state index in [2.05, 4.69) is 4.98 Å². The number of nitrogens with zero attached hydrogens (tertiary/aromatic N) is 2. The number of aromatic nitrogens is 1. The first-order valence-corrected chi connectivity index (χ1v) is 9.97. The van der Waals surface area contributed by atoms with Crippen molar-refractivity contribution >= 4 is 44.9 Å². The molecule has 0 saturated heterocycles. The van der Waals surface area contributed by atoms with Crippen molar-refractivity contribution in [2.45, 2.75) is 6.04 Å². The Morgan fingerprint density at radius 3 is 2.83 bits per heavy atom. The summed E-state index contributed by atoms with van der Waals surface area (Å²) in [6.07, 6.45) is 1.62. The highest BCUT2D eigenvalue weighted by atomic mass is 35.5. The molecule has 0 radical (unpaired) electrons. The normalized spacial score (nSPS) is 15.7. The van der Waals surface area contributed by atoms with E-state index in [9.17, 15) is 9.59 Å². The summed E-state index contributed by atoms with van der Waals surface area (Å²) in [5.74, 6) is 0.236. The van der Waals surface area contributed by atoms with Gasteiger partial charge in [0.25, 0.3) is 5.91 Å². The Kier molecular flexibility index (Phi) is 4.15. The first-order valence-electron chi connectivity index (χ1n) is 8.71. The highest BCUT2D eigenvalue weighted by Crippen LogP contribution is 2.42. The summed E-state index contributed by atoms with van der Waals surface area (Å²) >= 11 is 7.40. The number of methoxy groups -OCH3 is 1. The van der Waals surface area contributed by atoms with Gasteiger partial charge in [0.1, 0.15) is 11.3 Å². The molecule has 1 aliphatic rings. The zero-order valence-corrected chi connectivity index (χ0v) is 16.7. The number of ether oxygens (including phenoxy) is 1. The molecule has 1 aliphatic heterocycles. The van der Waals surface area contributed by atoms with Crippen LogP contribution in [-0.4, -0.2) is 18.0 Å². The second-order valence-corrected chi connectivity index (χ2v) is 7.79. The van der Waals surface area contributed by atoms with E-state index in [-0.39, 0.29) is 16.8 Å². The van der Waals surface area contributed by atoms with Crippen molar-refractivity contribution in [3.05, 3.63) is 86.2 Å². The molecule has 3 heterocycles. The average molecular weight is 425 g/mol. The summed E-state index contributed by atoms with van der Waals surface area (Å²) in [4.78, 5) is 32.5. The summed E-state index contributed by atoms with van der Waals surface area (Å²) in [5.41, 5.74) is 1.02. The number of carbonyl (C=O) groups is 1. The largest absolute Gasteiger partial charge is 0.497 e. The van der Waals surface area contributed by atoms with Crippen molar-refractivity contribution in [2.75, 3.05) is 12.0 Å². The SMILES string of the molecule is COc1cccc(C2c3c(oc4ccc(Cl)cc4c3=O)C(=O)N2c2nccs2)c1. The van der Waals surface area contributed by atoms with E-state index in [4.69, 9.17) is 20.8 Å². The van der Waals surface area contributed by atoms with Crippen molar-refractivity contribution in [1.29, 1.82) is 0 Å². The predicted octanol–water partition coefficient (Wildman–Crippen LogP) is 4.66. The molecule has 1 atom stereocenters. The van der Waals surface area contributed by atoms with Gasteiger partial charge in [0, 0.05) is 16.6 Å². The summed E-state index contributed by atoms with van der Waals surface area (Å²) in [6.45, 7) is 0. The van der Waals surface area contributed by atoms with Crippen LogP contribution >= 0.6 is 22.9 Å². The molecule has 0 aliphatic carbocycles. The zero-order chi connectivity index (χ0) is 20.1. The molecule has 5 rings (SSSR count). The van der Waals surface area contributed by atoms with Crippen LogP contribution in [-0.2, 0) is 0 Å². The standard InChI is InChI=1S/C21H13ClN2O4S/c1-27-13-4-2-3-11(9-13)17-16-18(25)14-10-12(22)5-6-15(14)28-19(16)20(26)24(17)21-23-7-8-29-21/h2-10,17H,1H3. The minimum absolute atomic E-state index is 0.0212. The number of amides is 1. The lowest BCUT2D eigenvalue weighted by Crippen LogP contribution is -2.29. The van der Waals surface area contributed by atoms with E-state index in [0.29, 0.717) is 26.9 Å². The number of carbonyl (C=O) groups excluding carboxylic acids is 1. The van der Waals surface area contributed by atoms with Crippen molar-refractivity contribution in [3.63, 3.8) is 0 Å². The molecule has 0 N–H and O–H groups in total. The highest BCUT2D eigenvalue weighted by Gasteiger charge is 2.44. The molecule has 0 spiro atoms. The molecular formula is C21H13ClN2O4S. The van der Waals surface area contributed by atoms with E-state index in [1.54, 1.807) is 49.0 Å². The van der Waals surface area contributed by atoms with Crippen LogP contribution in [0.4, 0.5) is 5.13 Å². The molecule has 2 aromatic heterocycles. The Balaban J connectivity index is 1.83. The molecule has 8 heteroatoms. The van der Waals surface area contributed by atoms with Crippen molar-refractivity contribution in [3.8, 4) is 5.75 Å². The lowest BCUT2D eigenvalue weighted by Gasteiger charge is -2.22. The van der Waals surface area contributed by atoms with E-state index >= 15 is 0 Å². The van der Waals surface area contributed by atoms with Crippen molar-refractivity contribution < 1.29 is 13.9 Å². The maximum atomic E-state index is 13.4. The van der Waals surface area contributed by atoms with E-state index in [1.165, 1.54) is 16.2 Å². The lowest BCUT2D eigenvalue weighted by molar-refractivity contribution is 0.0971. The van der Waals surface area contributed by atoms with Crippen LogP contribution in [0.5, 0.6) is 5.75 Å². The summed E-state index contributed by atoms with van der Waals surface area (Å²) in [7, 11) is 1.56. The smallest absolute Gasteiger partial charge is 0.297 e. The molecule has 1 unspecified atom stereocenters. The summed E-state index contributed by atoms with van der Waals surface area (Å²) in [6, 6.07) is 11.4. The Morgan fingerprint density at radius 2 is 2.07 bits per heavy atom. The number of halogens is 1. The highest BCUT2D eigenvalue weighted by molar-refractivity contribution is 7.13. The fraction of sp³-hybridized carbons (Fsp3) is 0.0952. The number of hydrogen-bond acceptors (Lipinski definition) is 6. The van der Waals surface area contributed by atoms with Gasteiger partial charge in [-0.25, -0.2) is 4.98 Å². The average Bonchev–Trinajstić information content (AvgIpc) is 3.35. The van der Waals surface area contributed by atoms with Crippen LogP contribution in [0.2, 0.25) is 5.02 Å². The number of rotatable bonds is 3.